The number of aromatic nitrogens is 1. The Morgan fingerprint density at radius 1 is 1.03 bits per heavy atom. The summed E-state index contributed by atoms with van der Waals surface area (Å²) in [6.07, 6.45) is 2.44. The maximum atomic E-state index is 14.1. The Labute approximate surface area is 173 Å². The molecule has 3 aromatic rings. The van der Waals surface area contributed by atoms with Gasteiger partial charge in [0.25, 0.3) is 0 Å². The van der Waals surface area contributed by atoms with Crippen molar-refractivity contribution < 1.29 is 9.18 Å². The van der Waals surface area contributed by atoms with Crippen LogP contribution in [-0.4, -0.2) is 27.5 Å². The van der Waals surface area contributed by atoms with Gasteiger partial charge in [0, 0.05) is 48.1 Å². The second-order valence-corrected chi connectivity index (χ2v) is 8.19. The van der Waals surface area contributed by atoms with Crippen molar-refractivity contribution in [2.24, 2.45) is 0 Å². The van der Waals surface area contributed by atoms with Gasteiger partial charge in [-0.15, -0.1) is 0 Å². The van der Waals surface area contributed by atoms with E-state index in [-0.39, 0.29) is 29.7 Å². The predicted molar refractivity (Wildman–Crippen MR) is 118 cm³/mol. The van der Waals surface area contributed by atoms with Gasteiger partial charge in [0.1, 0.15) is 5.82 Å². The minimum Gasteiger partial charge on any atom is -0.347 e. The van der Waals surface area contributed by atoms with Gasteiger partial charge in [-0.1, -0.05) is 30.3 Å². The molecule has 0 aliphatic rings. The molecular weight excluding hydrogens is 363 g/mol. The number of aryl methyl sites for hydroxylation is 1. The third kappa shape index (κ3) is 4.36. The lowest BCUT2D eigenvalue weighted by Gasteiger charge is -2.32. The minimum atomic E-state index is -0.274. The SMILES string of the molecule is CCn1cc([C@@H](CC(=O)N(C(C)C)C(C)C)c2cccc(F)c2)c2ccccc21. The van der Waals surface area contributed by atoms with Crippen LogP contribution in [0.15, 0.2) is 54.7 Å². The minimum absolute atomic E-state index is 0.0950. The van der Waals surface area contributed by atoms with Gasteiger partial charge < -0.3 is 9.47 Å². The highest BCUT2D eigenvalue weighted by molar-refractivity contribution is 5.86. The second kappa shape index (κ2) is 8.81. The summed E-state index contributed by atoms with van der Waals surface area (Å²) in [5, 5.41) is 1.12. The van der Waals surface area contributed by atoms with Crippen LogP contribution in [0, 0.1) is 5.82 Å². The molecule has 0 unspecified atom stereocenters. The predicted octanol–water partition coefficient (Wildman–Crippen LogP) is 5.97. The van der Waals surface area contributed by atoms with E-state index in [0.717, 1.165) is 28.6 Å². The van der Waals surface area contributed by atoms with Crippen molar-refractivity contribution in [1.29, 1.82) is 0 Å². The number of carbonyl (C=O) groups is 1. The van der Waals surface area contributed by atoms with Crippen LogP contribution in [0.3, 0.4) is 0 Å². The van der Waals surface area contributed by atoms with Gasteiger partial charge in [-0.25, -0.2) is 4.39 Å². The van der Waals surface area contributed by atoms with E-state index < -0.39 is 0 Å². The van der Waals surface area contributed by atoms with Gasteiger partial charge in [-0.05, 0) is 63.9 Å². The lowest BCUT2D eigenvalue weighted by Crippen LogP contribution is -2.42. The van der Waals surface area contributed by atoms with Gasteiger partial charge in [0.15, 0.2) is 0 Å². The molecule has 0 N–H and O–H groups in total. The van der Waals surface area contributed by atoms with Crippen LogP contribution in [0.4, 0.5) is 4.39 Å². The van der Waals surface area contributed by atoms with Crippen molar-refractivity contribution in [3.05, 3.63) is 71.7 Å². The fraction of sp³-hybridized carbons (Fsp3) is 0.400. The van der Waals surface area contributed by atoms with E-state index in [9.17, 15) is 9.18 Å². The Morgan fingerprint density at radius 2 is 1.72 bits per heavy atom. The smallest absolute Gasteiger partial charge is 0.223 e. The molecule has 0 bridgehead atoms. The molecule has 154 valence electrons. The molecular formula is C25H31FN2O. The lowest BCUT2D eigenvalue weighted by atomic mass is 9.87. The Morgan fingerprint density at radius 3 is 2.34 bits per heavy atom. The first-order valence-corrected chi connectivity index (χ1v) is 10.5. The molecule has 4 heteroatoms. The number of rotatable bonds is 7. The number of nitrogens with zero attached hydrogens (tertiary/aromatic N) is 2. The number of amides is 1. The highest BCUT2D eigenvalue weighted by Crippen LogP contribution is 2.35. The largest absolute Gasteiger partial charge is 0.347 e. The highest BCUT2D eigenvalue weighted by atomic mass is 19.1. The van der Waals surface area contributed by atoms with Crippen molar-refractivity contribution in [2.45, 2.75) is 65.6 Å². The molecule has 0 saturated carbocycles. The Kier molecular flexibility index (Phi) is 6.41. The van der Waals surface area contributed by atoms with Crippen LogP contribution in [-0.2, 0) is 11.3 Å². The number of fused-ring (bicyclic) bond motifs is 1. The quantitative estimate of drug-likeness (QED) is 0.485. The molecule has 1 amide bonds. The zero-order valence-electron chi connectivity index (χ0n) is 18.0. The molecule has 1 aromatic heterocycles. The first-order chi connectivity index (χ1) is 13.8. The Bertz CT molecular complexity index is 981. The molecule has 3 nitrogen and oxygen atoms in total. The molecule has 3 rings (SSSR count). The molecule has 1 heterocycles. The molecule has 0 fully saturated rings. The lowest BCUT2D eigenvalue weighted by molar-refractivity contribution is -0.135. The van der Waals surface area contributed by atoms with Crippen LogP contribution >= 0.6 is 0 Å². The maximum absolute atomic E-state index is 14.1. The second-order valence-electron chi connectivity index (χ2n) is 8.19. The van der Waals surface area contributed by atoms with Crippen LogP contribution in [0.1, 0.15) is 58.1 Å². The van der Waals surface area contributed by atoms with Gasteiger partial charge in [0.2, 0.25) is 5.91 Å². The van der Waals surface area contributed by atoms with E-state index in [1.165, 1.54) is 6.07 Å². The number of hydrogen-bond donors (Lipinski definition) is 0. The summed E-state index contributed by atoms with van der Waals surface area (Å²) in [5.41, 5.74) is 3.06. The Hall–Kier alpha value is -2.62. The number of benzene rings is 2. The first-order valence-electron chi connectivity index (χ1n) is 10.5. The van der Waals surface area contributed by atoms with Crippen LogP contribution in [0.25, 0.3) is 10.9 Å². The summed E-state index contributed by atoms with van der Waals surface area (Å²) < 4.78 is 16.3. The van der Waals surface area contributed by atoms with Crippen molar-refractivity contribution in [3.63, 3.8) is 0 Å². The summed E-state index contributed by atoms with van der Waals surface area (Å²) in [6.45, 7) is 11.1. The standard InChI is InChI=1S/C25H31FN2O/c1-6-27-16-23(21-12-7-8-13-24(21)27)22(19-10-9-11-20(26)14-19)15-25(29)28(17(2)3)18(4)5/h7-14,16-18,22H,6,15H2,1-5H3/t22-/m0/s1. The normalized spacial score (nSPS) is 12.7. The monoisotopic (exact) mass is 394 g/mol. The number of hydrogen-bond acceptors (Lipinski definition) is 1. The third-order valence-electron chi connectivity index (χ3n) is 5.57. The topological polar surface area (TPSA) is 25.2 Å². The third-order valence-corrected chi connectivity index (χ3v) is 5.57. The van der Waals surface area contributed by atoms with E-state index in [4.69, 9.17) is 0 Å². The van der Waals surface area contributed by atoms with Crippen molar-refractivity contribution in [2.75, 3.05) is 0 Å². The number of carbonyl (C=O) groups excluding carboxylic acids is 1. The molecule has 0 saturated heterocycles. The van der Waals surface area contributed by atoms with Crippen LogP contribution in [0.5, 0.6) is 0 Å². The van der Waals surface area contributed by atoms with Gasteiger partial charge in [0.05, 0.1) is 0 Å². The number of halogens is 1. The van der Waals surface area contributed by atoms with Crippen LogP contribution in [0.2, 0.25) is 0 Å². The first kappa shape index (κ1) is 21.1. The average Bonchev–Trinajstić information content (AvgIpc) is 3.04. The van der Waals surface area contributed by atoms with E-state index in [1.54, 1.807) is 12.1 Å². The zero-order valence-corrected chi connectivity index (χ0v) is 18.0. The summed E-state index contributed by atoms with van der Waals surface area (Å²) in [7, 11) is 0. The van der Waals surface area contributed by atoms with Crippen molar-refractivity contribution in [3.8, 4) is 0 Å². The summed E-state index contributed by atoms with van der Waals surface area (Å²) >= 11 is 0. The maximum Gasteiger partial charge on any atom is 0.223 e. The van der Waals surface area contributed by atoms with E-state index in [2.05, 4.69) is 29.8 Å². The summed E-state index contributed by atoms with van der Waals surface area (Å²) in [4.78, 5) is 15.2. The highest BCUT2D eigenvalue weighted by Gasteiger charge is 2.27. The molecule has 1 atom stereocenters. The Balaban J connectivity index is 2.11. The van der Waals surface area contributed by atoms with Gasteiger partial charge in [-0.3, -0.25) is 4.79 Å². The zero-order chi connectivity index (χ0) is 21.1. The number of para-hydroxylation sites is 1. The van der Waals surface area contributed by atoms with Crippen LogP contribution < -0.4 is 0 Å². The van der Waals surface area contributed by atoms with E-state index in [0.29, 0.717) is 6.42 Å². The molecule has 0 spiro atoms. The average molecular weight is 395 g/mol. The van der Waals surface area contributed by atoms with Crippen molar-refractivity contribution in [1.82, 2.24) is 9.47 Å². The fourth-order valence-corrected chi connectivity index (χ4v) is 4.40. The summed E-state index contributed by atoms with van der Waals surface area (Å²) in [6, 6.07) is 15.1. The van der Waals surface area contributed by atoms with Crippen molar-refractivity contribution >= 4 is 16.8 Å². The van der Waals surface area contributed by atoms with E-state index >= 15 is 0 Å². The molecule has 2 aromatic carbocycles. The fourth-order valence-electron chi connectivity index (χ4n) is 4.40. The van der Waals surface area contributed by atoms with Gasteiger partial charge >= 0.3 is 0 Å². The summed E-state index contributed by atoms with van der Waals surface area (Å²) in [5.74, 6) is -0.378. The molecule has 0 radical (unpaired) electrons. The molecule has 29 heavy (non-hydrogen) atoms. The van der Waals surface area contributed by atoms with Gasteiger partial charge in [-0.2, -0.15) is 0 Å². The molecule has 0 aliphatic carbocycles. The van der Waals surface area contributed by atoms with E-state index in [1.807, 2.05) is 50.8 Å². The molecule has 0 aliphatic heterocycles.